The van der Waals surface area contributed by atoms with Gasteiger partial charge in [-0.3, -0.25) is 4.79 Å². The van der Waals surface area contributed by atoms with Gasteiger partial charge in [-0.05, 0) is 30.8 Å². The number of hydrogen-bond donors (Lipinski definition) is 2. The van der Waals surface area contributed by atoms with Crippen LogP contribution in [0, 0.1) is 11.3 Å². The van der Waals surface area contributed by atoms with E-state index in [9.17, 15) is 4.79 Å². The molecule has 0 aliphatic rings. The Morgan fingerprint density at radius 1 is 1.37 bits per heavy atom. The molecule has 0 aromatic rings. The van der Waals surface area contributed by atoms with Crippen LogP contribution in [0.4, 0.5) is 0 Å². The summed E-state index contributed by atoms with van der Waals surface area (Å²) < 4.78 is 0. The Labute approximate surface area is 127 Å². The predicted octanol–water partition coefficient (Wildman–Crippen LogP) is 2.97. The molecule has 3 N–H and O–H groups in total. The Hall–Kier alpha value is -0.290. The molecule has 0 bridgehead atoms. The van der Waals surface area contributed by atoms with E-state index in [1.807, 2.05) is 0 Å². The van der Waals surface area contributed by atoms with E-state index in [0.717, 1.165) is 31.4 Å². The van der Waals surface area contributed by atoms with Gasteiger partial charge in [0.1, 0.15) is 0 Å². The van der Waals surface area contributed by atoms with Crippen LogP contribution in [0.2, 0.25) is 0 Å². The molecule has 0 aromatic heterocycles. The predicted molar refractivity (Wildman–Crippen MR) is 89.6 cm³/mol. The van der Waals surface area contributed by atoms with Gasteiger partial charge >= 0.3 is 0 Å². The molecule has 0 heterocycles. The smallest absolute Gasteiger partial charge is 0.233 e. The number of thiocarbonyl (C=S) groups is 1. The van der Waals surface area contributed by atoms with Crippen LogP contribution in [-0.4, -0.2) is 29.4 Å². The van der Waals surface area contributed by atoms with Gasteiger partial charge in [0, 0.05) is 6.54 Å². The quantitative estimate of drug-likeness (QED) is 0.609. The highest BCUT2D eigenvalue weighted by molar-refractivity contribution is 7.98. The van der Waals surface area contributed by atoms with Gasteiger partial charge in [0.25, 0.3) is 0 Å². The first kappa shape index (κ1) is 18.7. The highest BCUT2D eigenvalue weighted by Gasteiger charge is 2.39. The van der Waals surface area contributed by atoms with Crippen molar-refractivity contribution in [3.05, 3.63) is 0 Å². The van der Waals surface area contributed by atoms with Gasteiger partial charge in [0.15, 0.2) is 0 Å². The highest BCUT2D eigenvalue weighted by atomic mass is 32.2. The number of carbonyl (C=O) groups is 1. The lowest BCUT2D eigenvalue weighted by atomic mass is 9.78. The zero-order valence-electron chi connectivity index (χ0n) is 12.6. The van der Waals surface area contributed by atoms with Crippen molar-refractivity contribution in [2.75, 3.05) is 18.6 Å². The summed E-state index contributed by atoms with van der Waals surface area (Å²) in [5.41, 5.74) is 5.22. The topological polar surface area (TPSA) is 55.1 Å². The molecule has 1 amide bonds. The summed E-state index contributed by atoms with van der Waals surface area (Å²) >= 11 is 6.97. The summed E-state index contributed by atoms with van der Waals surface area (Å²) in [6, 6.07) is 0. The molecule has 0 aromatic carbocycles. The first-order chi connectivity index (χ1) is 8.94. The maximum Gasteiger partial charge on any atom is 0.233 e. The van der Waals surface area contributed by atoms with E-state index in [2.05, 4.69) is 32.3 Å². The number of hydrogen-bond acceptors (Lipinski definition) is 3. The van der Waals surface area contributed by atoms with Crippen molar-refractivity contribution in [3.8, 4) is 0 Å². The molecule has 1 atom stereocenters. The minimum absolute atomic E-state index is 0.0108. The first-order valence-corrected chi connectivity index (χ1v) is 8.81. The molecule has 112 valence electrons. The van der Waals surface area contributed by atoms with E-state index >= 15 is 0 Å². The molecule has 1 unspecified atom stereocenters. The van der Waals surface area contributed by atoms with Gasteiger partial charge in [-0.15, -0.1) is 0 Å². The number of carbonyl (C=O) groups excluding carboxylic acids is 1. The normalized spacial score (nSPS) is 13.1. The lowest BCUT2D eigenvalue weighted by Gasteiger charge is -2.31. The van der Waals surface area contributed by atoms with E-state index in [-0.39, 0.29) is 5.91 Å². The molecule has 0 saturated heterocycles. The van der Waals surface area contributed by atoms with Gasteiger partial charge in [0.05, 0.1) is 10.4 Å². The highest BCUT2D eigenvalue weighted by Crippen LogP contribution is 2.31. The molecular formula is C14H28N2OS2. The van der Waals surface area contributed by atoms with Crippen molar-refractivity contribution in [1.29, 1.82) is 0 Å². The van der Waals surface area contributed by atoms with Gasteiger partial charge in [-0.25, -0.2) is 0 Å². The summed E-state index contributed by atoms with van der Waals surface area (Å²) in [4.78, 5) is 12.8. The third-order valence-corrected chi connectivity index (χ3v) is 4.62. The summed E-state index contributed by atoms with van der Waals surface area (Å²) in [5, 5.41) is 3.04. The maximum atomic E-state index is 12.5. The molecule has 0 aliphatic heterocycles. The van der Waals surface area contributed by atoms with Crippen molar-refractivity contribution in [2.45, 2.75) is 46.5 Å². The number of nitrogens with two attached hydrogens (primary N) is 1. The van der Waals surface area contributed by atoms with E-state index in [1.165, 1.54) is 0 Å². The molecule has 0 aliphatic carbocycles. The molecule has 0 radical (unpaired) electrons. The van der Waals surface area contributed by atoms with E-state index < -0.39 is 5.41 Å². The van der Waals surface area contributed by atoms with Gasteiger partial charge in [-0.1, -0.05) is 45.8 Å². The average molecular weight is 305 g/mol. The van der Waals surface area contributed by atoms with Crippen molar-refractivity contribution >= 4 is 34.9 Å². The second kappa shape index (κ2) is 9.59. The van der Waals surface area contributed by atoms with Crippen molar-refractivity contribution in [3.63, 3.8) is 0 Å². The fraction of sp³-hybridized carbons (Fsp3) is 0.857. The van der Waals surface area contributed by atoms with Crippen LogP contribution in [0.25, 0.3) is 0 Å². The minimum atomic E-state index is -0.655. The van der Waals surface area contributed by atoms with Crippen LogP contribution >= 0.6 is 24.0 Å². The molecule has 0 fully saturated rings. The van der Waals surface area contributed by atoms with E-state index in [1.54, 1.807) is 11.8 Å². The standard InChI is InChI=1S/C14H28N2OS2/c1-5-7-14(8-6-2,12(15)18)13(17)16-9-11(3)10-19-4/h11H,5-10H2,1-4H3,(H2,15,18)(H,16,17). The van der Waals surface area contributed by atoms with Crippen molar-refractivity contribution in [1.82, 2.24) is 5.32 Å². The number of nitrogens with one attached hydrogen (secondary N) is 1. The monoisotopic (exact) mass is 304 g/mol. The van der Waals surface area contributed by atoms with Crippen molar-refractivity contribution in [2.24, 2.45) is 17.1 Å². The van der Waals surface area contributed by atoms with Gasteiger partial charge < -0.3 is 11.1 Å². The minimum Gasteiger partial charge on any atom is -0.392 e. The SMILES string of the molecule is CCCC(CCC)(C(=O)NCC(C)CSC)C(N)=S. The summed E-state index contributed by atoms with van der Waals surface area (Å²) in [6.07, 6.45) is 5.36. The van der Waals surface area contributed by atoms with Gasteiger partial charge in [-0.2, -0.15) is 11.8 Å². The fourth-order valence-corrected chi connectivity index (χ4v) is 3.33. The zero-order valence-corrected chi connectivity index (χ0v) is 14.3. The lowest BCUT2D eigenvalue weighted by molar-refractivity contribution is -0.128. The Morgan fingerprint density at radius 3 is 2.26 bits per heavy atom. The summed E-state index contributed by atoms with van der Waals surface area (Å²) in [6.45, 7) is 6.95. The summed E-state index contributed by atoms with van der Waals surface area (Å²) in [7, 11) is 0. The largest absolute Gasteiger partial charge is 0.392 e. The number of rotatable bonds is 10. The molecule has 5 heteroatoms. The molecule has 0 spiro atoms. The Bertz CT molecular complexity index is 289. The molecule has 19 heavy (non-hydrogen) atoms. The molecule has 0 rings (SSSR count). The van der Waals surface area contributed by atoms with Crippen molar-refractivity contribution < 1.29 is 4.79 Å². The summed E-state index contributed by atoms with van der Waals surface area (Å²) in [5.74, 6) is 1.52. The van der Waals surface area contributed by atoms with Gasteiger partial charge in [0.2, 0.25) is 5.91 Å². The zero-order chi connectivity index (χ0) is 14.9. The van der Waals surface area contributed by atoms with Crippen LogP contribution < -0.4 is 11.1 Å². The maximum absolute atomic E-state index is 12.5. The lowest BCUT2D eigenvalue weighted by Crippen LogP contribution is -2.49. The average Bonchev–Trinajstić information content (AvgIpc) is 2.35. The number of thioether (sulfide) groups is 1. The van der Waals surface area contributed by atoms with Crippen LogP contribution in [0.1, 0.15) is 46.5 Å². The Kier molecular flexibility index (Phi) is 9.44. The third-order valence-electron chi connectivity index (χ3n) is 3.32. The molecular weight excluding hydrogens is 276 g/mol. The second-order valence-electron chi connectivity index (χ2n) is 5.22. The molecule has 3 nitrogen and oxygen atoms in total. The van der Waals surface area contributed by atoms with Crippen LogP contribution in [-0.2, 0) is 4.79 Å². The Morgan fingerprint density at radius 2 is 1.89 bits per heavy atom. The van der Waals surface area contributed by atoms with Crippen LogP contribution in [0.3, 0.4) is 0 Å². The first-order valence-electron chi connectivity index (χ1n) is 7.01. The molecule has 0 saturated carbocycles. The fourth-order valence-electron chi connectivity index (χ4n) is 2.34. The van der Waals surface area contributed by atoms with E-state index in [4.69, 9.17) is 18.0 Å². The van der Waals surface area contributed by atoms with Crippen LogP contribution in [0.5, 0.6) is 0 Å². The Balaban J connectivity index is 4.75. The van der Waals surface area contributed by atoms with Crippen LogP contribution in [0.15, 0.2) is 0 Å². The second-order valence-corrected chi connectivity index (χ2v) is 6.57. The number of amides is 1. The van der Waals surface area contributed by atoms with E-state index in [0.29, 0.717) is 17.5 Å². The third kappa shape index (κ3) is 5.69.